The van der Waals surface area contributed by atoms with Crippen LogP contribution in [0.4, 0.5) is 0 Å². The van der Waals surface area contributed by atoms with Crippen molar-refractivity contribution < 1.29 is 8.85 Å². The standard InChI is InChI=1S/C11H26N2OSi.C5H12OSi/c1-9(2)8-11(13-10(3)12)15-7-5-4-6-14-15;1-7-5-3-2-4-6-7/h9-11,13,15H,4-8,12H2,1-3H3;7H,2-5H2,1H3. The van der Waals surface area contributed by atoms with E-state index in [9.17, 15) is 0 Å². The van der Waals surface area contributed by atoms with Gasteiger partial charge >= 0.3 is 0 Å². The molecular formula is C16H38N2O2Si2. The summed E-state index contributed by atoms with van der Waals surface area (Å²) < 4.78 is 11.4. The number of hydrogen-bond donors (Lipinski definition) is 2. The number of nitrogens with one attached hydrogen (secondary N) is 1. The van der Waals surface area contributed by atoms with Gasteiger partial charge in [-0.3, -0.25) is 5.32 Å². The normalized spacial score (nSPS) is 28.6. The molecule has 2 saturated heterocycles. The third-order valence-electron chi connectivity index (χ3n) is 4.27. The molecule has 4 unspecified atom stereocenters. The molecule has 0 amide bonds. The lowest BCUT2D eigenvalue weighted by Crippen LogP contribution is -2.52. The zero-order valence-electron chi connectivity index (χ0n) is 15.1. The molecule has 0 aromatic carbocycles. The van der Waals surface area contributed by atoms with E-state index in [4.69, 9.17) is 14.6 Å². The molecule has 0 aromatic heterocycles. The molecule has 0 bridgehead atoms. The monoisotopic (exact) mass is 346 g/mol. The first-order valence-corrected chi connectivity index (χ1v) is 13.6. The van der Waals surface area contributed by atoms with Crippen LogP contribution in [0.15, 0.2) is 0 Å². The number of rotatable bonds is 5. The molecule has 0 radical (unpaired) electrons. The van der Waals surface area contributed by atoms with E-state index in [1.54, 1.807) is 0 Å². The molecule has 2 heterocycles. The van der Waals surface area contributed by atoms with Crippen LogP contribution < -0.4 is 11.1 Å². The molecule has 2 rings (SSSR count). The van der Waals surface area contributed by atoms with Crippen molar-refractivity contribution >= 4 is 18.1 Å². The molecule has 0 aliphatic carbocycles. The fraction of sp³-hybridized carbons (Fsp3) is 1.00. The lowest BCUT2D eigenvalue weighted by Gasteiger charge is -2.32. The summed E-state index contributed by atoms with van der Waals surface area (Å²) in [6.45, 7) is 10.9. The maximum Gasteiger partial charge on any atom is 0.193 e. The minimum Gasteiger partial charge on any atom is -0.420 e. The zero-order valence-corrected chi connectivity index (χ0v) is 17.5. The quantitative estimate of drug-likeness (QED) is 0.593. The van der Waals surface area contributed by atoms with E-state index in [-0.39, 0.29) is 6.17 Å². The van der Waals surface area contributed by atoms with Crippen molar-refractivity contribution in [3.8, 4) is 0 Å². The van der Waals surface area contributed by atoms with Crippen LogP contribution in [0.25, 0.3) is 0 Å². The highest BCUT2D eigenvalue weighted by atomic mass is 28.3. The largest absolute Gasteiger partial charge is 0.420 e. The highest BCUT2D eigenvalue weighted by Gasteiger charge is 2.27. The molecule has 3 N–H and O–H groups in total. The average molecular weight is 347 g/mol. The second kappa shape index (κ2) is 11.8. The Kier molecular flexibility index (Phi) is 10.9. The Morgan fingerprint density at radius 3 is 2.00 bits per heavy atom. The van der Waals surface area contributed by atoms with Crippen LogP contribution in [0.1, 0.15) is 52.9 Å². The smallest absolute Gasteiger partial charge is 0.193 e. The third kappa shape index (κ3) is 9.42. The van der Waals surface area contributed by atoms with E-state index in [0.717, 1.165) is 19.1 Å². The van der Waals surface area contributed by atoms with Gasteiger partial charge in [-0.2, -0.15) is 0 Å². The van der Waals surface area contributed by atoms with Gasteiger partial charge in [-0.05, 0) is 50.7 Å². The molecule has 2 aliphatic rings. The van der Waals surface area contributed by atoms with Gasteiger partial charge in [0, 0.05) is 18.9 Å². The minimum atomic E-state index is -1.04. The van der Waals surface area contributed by atoms with Crippen molar-refractivity contribution in [1.29, 1.82) is 0 Å². The fourth-order valence-corrected chi connectivity index (χ4v) is 8.08. The van der Waals surface area contributed by atoms with Crippen LogP contribution in [-0.4, -0.2) is 43.1 Å². The summed E-state index contributed by atoms with van der Waals surface area (Å²) in [7, 11) is -1.64. The van der Waals surface area contributed by atoms with Gasteiger partial charge in [0.25, 0.3) is 0 Å². The fourth-order valence-electron chi connectivity index (χ4n) is 3.16. The molecule has 2 fully saturated rings. The highest BCUT2D eigenvalue weighted by Crippen LogP contribution is 2.18. The Hall–Kier alpha value is 0.274. The first-order chi connectivity index (χ1) is 10.5. The SMILES string of the molecule is CC(C)CC(NC(C)N)[SiH]1CCCCO1.C[SiH]1CCCCO1. The summed E-state index contributed by atoms with van der Waals surface area (Å²) in [6, 6.07) is 2.72. The number of hydrogen-bond acceptors (Lipinski definition) is 4. The Balaban J connectivity index is 0.000000287. The van der Waals surface area contributed by atoms with Crippen LogP contribution in [-0.2, 0) is 8.85 Å². The molecule has 22 heavy (non-hydrogen) atoms. The van der Waals surface area contributed by atoms with E-state index in [0.29, 0.717) is 5.67 Å². The maximum atomic E-state index is 5.96. The average Bonchev–Trinajstić information content (AvgIpc) is 2.48. The van der Waals surface area contributed by atoms with Gasteiger partial charge in [0.05, 0.1) is 6.17 Å². The van der Waals surface area contributed by atoms with Crippen molar-refractivity contribution in [3.63, 3.8) is 0 Å². The van der Waals surface area contributed by atoms with Crippen molar-refractivity contribution in [2.24, 2.45) is 11.7 Å². The molecule has 4 atom stereocenters. The Morgan fingerprint density at radius 1 is 1.00 bits per heavy atom. The van der Waals surface area contributed by atoms with Gasteiger partial charge < -0.3 is 14.6 Å². The summed E-state index contributed by atoms with van der Waals surface area (Å²) >= 11 is 0. The molecule has 2 aliphatic heterocycles. The topological polar surface area (TPSA) is 56.5 Å². The molecular weight excluding hydrogens is 308 g/mol. The highest BCUT2D eigenvalue weighted by molar-refractivity contribution is 6.54. The summed E-state index contributed by atoms with van der Waals surface area (Å²) in [5.74, 6) is 0.722. The Labute approximate surface area is 141 Å². The van der Waals surface area contributed by atoms with E-state index < -0.39 is 18.1 Å². The molecule has 132 valence electrons. The van der Waals surface area contributed by atoms with Gasteiger partial charge in [0.1, 0.15) is 0 Å². The molecule has 0 aromatic rings. The summed E-state index contributed by atoms with van der Waals surface area (Å²) in [4.78, 5) is 0. The van der Waals surface area contributed by atoms with Gasteiger partial charge in [0.2, 0.25) is 0 Å². The van der Waals surface area contributed by atoms with Gasteiger partial charge in [0.15, 0.2) is 18.1 Å². The van der Waals surface area contributed by atoms with Crippen molar-refractivity contribution in [3.05, 3.63) is 0 Å². The predicted octanol–water partition coefficient (Wildman–Crippen LogP) is 2.52. The second-order valence-corrected chi connectivity index (χ2v) is 12.6. The predicted molar refractivity (Wildman–Crippen MR) is 100 cm³/mol. The van der Waals surface area contributed by atoms with Crippen LogP contribution >= 0.6 is 0 Å². The second-order valence-electron chi connectivity index (χ2n) is 7.27. The first-order valence-electron chi connectivity index (χ1n) is 9.24. The van der Waals surface area contributed by atoms with Gasteiger partial charge in [-0.25, -0.2) is 0 Å². The van der Waals surface area contributed by atoms with Crippen molar-refractivity contribution in [2.75, 3.05) is 13.2 Å². The summed E-state index contributed by atoms with van der Waals surface area (Å²) in [5.41, 5.74) is 6.39. The summed E-state index contributed by atoms with van der Waals surface area (Å²) in [5, 5.41) is 3.50. The third-order valence-corrected chi connectivity index (χ3v) is 9.30. The van der Waals surface area contributed by atoms with E-state index in [2.05, 4.69) is 25.7 Å². The lowest BCUT2D eigenvalue weighted by molar-refractivity contribution is 0.266. The number of nitrogens with two attached hydrogens (primary N) is 1. The molecule has 0 saturated carbocycles. The lowest BCUT2D eigenvalue weighted by atomic mass is 10.1. The molecule has 6 heteroatoms. The zero-order chi connectivity index (χ0) is 16.4. The van der Waals surface area contributed by atoms with Crippen LogP contribution in [0.5, 0.6) is 0 Å². The Morgan fingerprint density at radius 2 is 1.64 bits per heavy atom. The Bertz CT molecular complexity index is 259. The van der Waals surface area contributed by atoms with Gasteiger partial charge in [-0.15, -0.1) is 0 Å². The minimum absolute atomic E-state index is 0.0896. The summed E-state index contributed by atoms with van der Waals surface area (Å²) in [6.07, 6.45) is 6.62. The first kappa shape index (κ1) is 20.3. The van der Waals surface area contributed by atoms with E-state index in [1.807, 2.05) is 6.92 Å². The van der Waals surface area contributed by atoms with Crippen LogP contribution in [0, 0.1) is 5.92 Å². The van der Waals surface area contributed by atoms with Crippen LogP contribution in [0.3, 0.4) is 0 Å². The van der Waals surface area contributed by atoms with Crippen molar-refractivity contribution in [2.45, 2.75) is 83.3 Å². The van der Waals surface area contributed by atoms with Gasteiger partial charge in [-0.1, -0.05) is 26.7 Å². The molecule has 4 nitrogen and oxygen atoms in total. The maximum absolute atomic E-state index is 5.96. The van der Waals surface area contributed by atoms with E-state index in [1.165, 1.54) is 44.2 Å². The van der Waals surface area contributed by atoms with Crippen LogP contribution in [0.2, 0.25) is 18.6 Å². The van der Waals surface area contributed by atoms with E-state index >= 15 is 0 Å². The van der Waals surface area contributed by atoms with Crippen molar-refractivity contribution in [1.82, 2.24) is 5.32 Å². The molecule has 0 spiro atoms.